The third kappa shape index (κ3) is 4.74. The molecule has 1 heterocycles. The average molecular weight is 374 g/mol. The summed E-state index contributed by atoms with van der Waals surface area (Å²) in [7, 11) is 0. The number of nitrogens with one attached hydrogen (secondary N) is 1. The van der Waals surface area contributed by atoms with Crippen LogP contribution >= 0.6 is 0 Å². The third-order valence-electron chi connectivity index (χ3n) is 4.64. The van der Waals surface area contributed by atoms with E-state index in [0.717, 1.165) is 40.7 Å². The molecule has 0 unspecified atom stereocenters. The van der Waals surface area contributed by atoms with Gasteiger partial charge in [-0.15, -0.1) is 0 Å². The van der Waals surface area contributed by atoms with Gasteiger partial charge in [0.25, 0.3) is 0 Å². The molecule has 0 aliphatic carbocycles. The molecule has 3 N–H and O–H groups in total. The summed E-state index contributed by atoms with van der Waals surface area (Å²) in [5.41, 5.74) is 10.5. The number of pyridine rings is 1. The van der Waals surface area contributed by atoms with E-state index in [1.807, 2.05) is 48.5 Å². The minimum Gasteiger partial charge on any atom is -0.369 e. The van der Waals surface area contributed by atoms with E-state index in [1.165, 1.54) is 12.0 Å². The average Bonchev–Trinajstić information content (AvgIpc) is 2.68. The highest BCUT2D eigenvalue weighted by atomic mass is 16.1. The van der Waals surface area contributed by atoms with E-state index >= 15 is 0 Å². The molecule has 0 atom stereocenters. The first-order valence-corrected chi connectivity index (χ1v) is 9.61. The highest BCUT2D eigenvalue weighted by molar-refractivity contribution is 5.99. The monoisotopic (exact) mass is 374 g/mol. The first-order chi connectivity index (χ1) is 13.6. The van der Waals surface area contributed by atoms with Crippen molar-refractivity contribution in [1.82, 2.24) is 10.3 Å². The van der Waals surface area contributed by atoms with Crippen molar-refractivity contribution in [2.75, 3.05) is 0 Å². The van der Waals surface area contributed by atoms with E-state index in [-0.39, 0.29) is 5.96 Å². The summed E-state index contributed by atoms with van der Waals surface area (Å²) in [5, 5.41) is 3.41. The molecule has 0 saturated heterocycles. The third-order valence-corrected chi connectivity index (χ3v) is 4.64. The first-order valence-electron chi connectivity index (χ1n) is 9.61. The van der Waals surface area contributed by atoms with Crippen LogP contribution in [0.2, 0.25) is 0 Å². The van der Waals surface area contributed by atoms with Crippen LogP contribution in [0.1, 0.15) is 32.3 Å². The summed E-state index contributed by atoms with van der Waals surface area (Å²) in [6.07, 6.45) is 3.75. The van der Waals surface area contributed by atoms with Gasteiger partial charge in [-0.05, 0) is 36.5 Å². The van der Waals surface area contributed by atoms with Crippen LogP contribution in [0.3, 0.4) is 0 Å². The second-order valence-electron chi connectivity index (χ2n) is 7.25. The Labute approximate surface area is 165 Å². The fourth-order valence-corrected chi connectivity index (χ4v) is 3.32. The van der Waals surface area contributed by atoms with Gasteiger partial charge in [-0.25, -0.2) is 9.98 Å². The van der Waals surface area contributed by atoms with Crippen LogP contribution < -0.4 is 11.1 Å². The standard InChI is InChI=1S/C23H26N4O/c1-16(2)8-6-11-18-12-7-13-19-22(18)21(27-23(24)25-15-28)14-20(26-19)17-9-4-3-5-10-17/h3-5,7,9-10,12-16H,6,8,11H2,1-2H3,(H3,24,25,26,27,28). The number of aryl methyl sites for hydroxylation is 1. The minimum atomic E-state index is 0.0681. The topological polar surface area (TPSA) is 80.4 Å². The zero-order valence-corrected chi connectivity index (χ0v) is 16.4. The molecule has 1 amide bonds. The van der Waals surface area contributed by atoms with Crippen molar-refractivity contribution in [3.63, 3.8) is 0 Å². The number of amides is 1. The van der Waals surface area contributed by atoms with Crippen molar-refractivity contribution in [2.45, 2.75) is 33.1 Å². The van der Waals surface area contributed by atoms with Gasteiger partial charge in [0.05, 0.1) is 16.9 Å². The fraction of sp³-hybridized carbons (Fsp3) is 0.261. The van der Waals surface area contributed by atoms with Crippen LogP contribution in [0.25, 0.3) is 22.2 Å². The lowest BCUT2D eigenvalue weighted by Crippen LogP contribution is -2.29. The SMILES string of the molecule is CC(C)CCCc1cccc2nc(-c3ccccc3)cc(N=C(N)NC=O)c12. The Bertz CT molecular complexity index is 981. The van der Waals surface area contributed by atoms with Crippen LogP contribution in [-0.2, 0) is 11.2 Å². The van der Waals surface area contributed by atoms with Crippen molar-refractivity contribution in [1.29, 1.82) is 0 Å². The van der Waals surface area contributed by atoms with E-state index in [0.29, 0.717) is 12.3 Å². The lowest BCUT2D eigenvalue weighted by atomic mass is 9.98. The molecule has 28 heavy (non-hydrogen) atoms. The maximum Gasteiger partial charge on any atom is 0.213 e. The van der Waals surface area contributed by atoms with Crippen molar-refractivity contribution < 1.29 is 4.79 Å². The number of carbonyl (C=O) groups excluding carboxylic acids is 1. The van der Waals surface area contributed by atoms with Crippen LogP contribution in [0.15, 0.2) is 59.6 Å². The van der Waals surface area contributed by atoms with Crippen LogP contribution in [0, 0.1) is 5.92 Å². The number of aliphatic imine (C=N–C) groups is 1. The van der Waals surface area contributed by atoms with E-state index in [1.54, 1.807) is 0 Å². The van der Waals surface area contributed by atoms with Crippen LogP contribution in [-0.4, -0.2) is 17.4 Å². The highest BCUT2D eigenvalue weighted by Gasteiger charge is 2.12. The zero-order valence-electron chi connectivity index (χ0n) is 16.4. The normalized spacial score (nSPS) is 11.8. The van der Waals surface area contributed by atoms with Gasteiger partial charge in [-0.3, -0.25) is 10.1 Å². The molecule has 5 nitrogen and oxygen atoms in total. The molecule has 0 bridgehead atoms. The molecule has 0 aliphatic heterocycles. The minimum absolute atomic E-state index is 0.0681. The molecule has 5 heteroatoms. The van der Waals surface area contributed by atoms with Crippen LogP contribution in [0.4, 0.5) is 5.69 Å². The van der Waals surface area contributed by atoms with Crippen molar-refractivity contribution >= 4 is 29.0 Å². The quantitative estimate of drug-likeness (QED) is 0.361. The Hall–Kier alpha value is -3.21. The summed E-state index contributed by atoms with van der Waals surface area (Å²) in [5.74, 6) is 0.737. The summed E-state index contributed by atoms with van der Waals surface area (Å²) in [4.78, 5) is 20.1. The van der Waals surface area contributed by atoms with Crippen molar-refractivity contribution in [2.24, 2.45) is 16.6 Å². The van der Waals surface area contributed by atoms with Gasteiger partial charge < -0.3 is 5.73 Å². The van der Waals surface area contributed by atoms with Gasteiger partial charge in [-0.2, -0.15) is 0 Å². The largest absolute Gasteiger partial charge is 0.369 e. The molecule has 3 rings (SSSR count). The van der Waals surface area contributed by atoms with Gasteiger partial charge in [0.1, 0.15) is 0 Å². The Morgan fingerprint density at radius 2 is 1.96 bits per heavy atom. The van der Waals surface area contributed by atoms with E-state index in [4.69, 9.17) is 10.7 Å². The van der Waals surface area contributed by atoms with E-state index in [2.05, 4.69) is 30.2 Å². The molecular weight excluding hydrogens is 348 g/mol. The molecule has 1 aromatic heterocycles. The number of hydrogen-bond acceptors (Lipinski definition) is 3. The van der Waals surface area contributed by atoms with Crippen LogP contribution in [0.5, 0.6) is 0 Å². The molecule has 0 fully saturated rings. The molecule has 2 aromatic carbocycles. The highest BCUT2D eigenvalue weighted by Crippen LogP contribution is 2.33. The number of nitrogens with zero attached hydrogens (tertiary/aromatic N) is 2. The molecule has 0 radical (unpaired) electrons. The predicted octanol–water partition coefficient (Wildman–Crippen LogP) is 4.57. The first kappa shape index (κ1) is 19.5. The molecule has 0 aliphatic rings. The summed E-state index contributed by atoms with van der Waals surface area (Å²) in [6, 6.07) is 18.1. The second kappa shape index (κ2) is 9.13. The molecular formula is C23H26N4O. The van der Waals surface area contributed by atoms with Gasteiger partial charge in [-0.1, -0.05) is 62.7 Å². The number of fused-ring (bicyclic) bond motifs is 1. The lowest BCUT2D eigenvalue weighted by Gasteiger charge is -2.12. The number of rotatable bonds is 7. The Kier molecular flexibility index (Phi) is 6.37. The van der Waals surface area contributed by atoms with E-state index in [9.17, 15) is 4.79 Å². The second-order valence-corrected chi connectivity index (χ2v) is 7.25. The fourth-order valence-electron chi connectivity index (χ4n) is 3.32. The summed E-state index contributed by atoms with van der Waals surface area (Å²) < 4.78 is 0. The van der Waals surface area contributed by atoms with Gasteiger partial charge in [0.2, 0.25) is 6.41 Å². The van der Waals surface area contributed by atoms with Gasteiger partial charge in [0.15, 0.2) is 5.96 Å². The Balaban J connectivity index is 2.14. The zero-order chi connectivity index (χ0) is 19.9. The molecule has 0 spiro atoms. The van der Waals surface area contributed by atoms with Crippen molar-refractivity contribution in [3.8, 4) is 11.3 Å². The maximum atomic E-state index is 10.7. The number of carbonyl (C=O) groups is 1. The lowest BCUT2D eigenvalue weighted by molar-refractivity contribution is -0.108. The number of guanidine groups is 1. The van der Waals surface area contributed by atoms with Gasteiger partial charge in [0, 0.05) is 10.9 Å². The Morgan fingerprint density at radius 3 is 2.68 bits per heavy atom. The number of benzene rings is 2. The van der Waals surface area contributed by atoms with E-state index < -0.39 is 0 Å². The number of aromatic nitrogens is 1. The van der Waals surface area contributed by atoms with Crippen molar-refractivity contribution in [3.05, 3.63) is 60.2 Å². The van der Waals surface area contributed by atoms with Gasteiger partial charge >= 0.3 is 0 Å². The molecule has 3 aromatic rings. The predicted molar refractivity (Wildman–Crippen MR) is 115 cm³/mol. The summed E-state index contributed by atoms with van der Waals surface area (Å²) >= 11 is 0. The molecule has 144 valence electrons. The Morgan fingerprint density at radius 1 is 1.18 bits per heavy atom. The summed E-state index contributed by atoms with van der Waals surface area (Å²) in [6.45, 7) is 4.47. The maximum absolute atomic E-state index is 10.7. The number of hydrogen-bond donors (Lipinski definition) is 2. The smallest absolute Gasteiger partial charge is 0.213 e. The number of nitrogens with two attached hydrogens (primary N) is 1. The molecule has 0 saturated carbocycles.